The molecular formula is C15H15FN4O3S. The number of hydrogen-bond donors (Lipinski definition) is 2. The smallest absolute Gasteiger partial charge is 0.323 e. The molecule has 0 bridgehead atoms. The van der Waals surface area contributed by atoms with Crippen LogP contribution in [0.15, 0.2) is 24.4 Å². The minimum atomic E-state index is -0.645. The van der Waals surface area contributed by atoms with Gasteiger partial charge in [-0.15, -0.1) is 0 Å². The second-order valence-electron chi connectivity index (χ2n) is 5.00. The fraction of sp³-hybridized carbons (Fsp3) is 0.267. The maximum atomic E-state index is 13.3. The molecule has 0 radical (unpaired) electrons. The topological polar surface area (TPSA) is 98.5 Å². The molecule has 1 aromatic heterocycles. The number of benzene rings is 1. The number of amides is 2. The van der Waals surface area contributed by atoms with E-state index in [2.05, 4.69) is 10.3 Å². The Morgan fingerprint density at radius 3 is 3.04 bits per heavy atom. The largest absolute Gasteiger partial charge is 0.443 e. The normalized spacial score (nSPS) is 11.5. The molecule has 0 saturated carbocycles. The minimum absolute atomic E-state index is 0.0743. The van der Waals surface area contributed by atoms with Gasteiger partial charge in [0.1, 0.15) is 17.6 Å². The molecule has 0 fully saturated rings. The van der Waals surface area contributed by atoms with E-state index in [9.17, 15) is 14.3 Å². The van der Waals surface area contributed by atoms with Crippen molar-refractivity contribution >= 4 is 22.5 Å². The predicted octanol–water partition coefficient (Wildman–Crippen LogP) is 2.79. The quantitative estimate of drug-likeness (QED) is 0.864. The summed E-state index contributed by atoms with van der Waals surface area (Å²) < 4.78 is 18.7. The van der Waals surface area contributed by atoms with Gasteiger partial charge in [0.05, 0.1) is 17.9 Å². The molecule has 2 aromatic rings. The number of halogens is 1. The molecule has 1 aromatic carbocycles. The first kappa shape index (κ1) is 17.7. The maximum Gasteiger partial charge on any atom is 0.323 e. The molecule has 2 amide bonds. The van der Waals surface area contributed by atoms with E-state index in [1.807, 2.05) is 6.07 Å². The van der Waals surface area contributed by atoms with Crippen molar-refractivity contribution in [1.29, 1.82) is 5.26 Å². The van der Waals surface area contributed by atoms with Crippen molar-refractivity contribution in [2.45, 2.75) is 13.0 Å². The zero-order valence-electron chi connectivity index (χ0n) is 13.0. The highest BCUT2D eigenvalue weighted by atomic mass is 32.1. The van der Waals surface area contributed by atoms with Crippen LogP contribution in [-0.4, -0.2) is 40.7 Å². The van der Waals surface area contributed by atoms with Gasteiger partial charge in [-0.3, -0.25) is 5.32 Å². The summed E-state index contributed by atoms with van der Waals surface area (Å²) in [5.41, 5.74) is 0.187. The third kappa shape index (κ3) is 4.65. The molecule has 0 saturated heterocycles. The summed E-state index contributed by atoms with van der Waals surface area (Å²) in [5.74, 6) is -0.452. The van der Waals surface area contributed by atoms with Gasteiger partial charge in [0.2, 0.25) is 5.06 Å². The van der Waals surface area contributed by atoms with E-state index in [-0.39, 0.29) is 23.0 Å². The van der Waals surface area contributed by atoms with Crippen LogP contribution in [0, 0.1) is 17.1 Å². The van der Waals surface area contributed by atoms with Crippen LogP contribution >= 0.6 is 11.3 Å². The van der Waals surface area contributed by atoms with Gasteiger partial charge in [0.25, 0.3) is 0 Å². The summed E-state index contributed by atoms with van der Waals surface area (Å²) >= 11 is 1.03. The Morgan fingerprint density at radius 2 is 2.38 bits per heavy atom. The fourth-order valence-corrected chi connectivity index (χ4v) is 2.48. The molecule has 0 aliphatic heterocycles. The van der Waals surface area contributed by atoms with E-state index >= 15 is 0 Å². The number of ether oxygens (including phenoxy) is 1. The van der Waals surface area contributed by atoms with Gasteiger partial charge in [-0.1, -0.05) is 11.3 Å². The Bertz CT molecular complexity index is 772. The fourth-order valence-electron chi connectivity index (χ4n) is 1.81. The van der Waals surface area contributed by atoms with E-state index < -0.39 is 18.0 Å². The number of aromatic nitrogens is 1. The highest BCUT2D eigenvalue weighted by Gasteiger charge is 2.14. The van der Waals surface area contributed by atoms with E-state index in [0.717, 1.165) is 17.4 Å². The number of aliphatic hydroxyl groups excluding tert-OH is 1. The summed E-state index contributed by atoms with van der Waals surface area (Å²) in [6, 6.07) is 5.07. The van der Waals surface area contributed by atoms with E-state index in [4.69, 9.17) is 10.00 Å². The summed E-state index contributed by atoms with van der Waals surface area (Å²) in [6.07, 6.45) is 0.717. The number of carbonyl (C=O) groups is 1. The number of thiazole rings is 1. The van der Waals surface area contributed by atoms with Crippen LogP contribution < -0.4 is 10.1 Å². The van der Waals surface area contributed by atoms with Gasteiger partial charge >= 0.3 is 6.03 Å². The lowest BCUT2D eigenvalue weighted by Crippen LogP contribution is -2.36. The van der Waals surface area contributed by atoms with Crippen LogP contribution in [0.2, 0.25) is 0 Å². The van der Waals surface area contributed by atoms with Crippen LogP contribution in [0.1, 0.15) is 12.5 Å². The summed E-state index contributed by atoms with van der Waals surface area (Å²) in [6.45, 7) is 1.75. The van der Waals surface area contributed by atoms with Gasteiger partial charge in [-0.25, -0.2) is 14.2 Å². The number of likely N-dealkylation sites (N-methyl/N-ethyl adjacent to an activating group) is 1. The molecule has 24 heavy (non-hydrogen) atoms. The van der Waals surface area contributed by atoms with E-state index in [0.29, 0.717) is 5.06 Å². The molecule has 7 nitrogen and oxygen atoms in total. The number of urea groups is 1. The number of nitriles is 1. The predicted molar refractivity (Wildman–Crippen MR) is 86.6 cm³/mol. The van der Waals surface area contributed by atoms with E-state index in [1.165, 1.54) is 23.2 Å². The molecule has 1 atom stereocenters. The number of nitrogens with zero attached hydrogens (tertiary/aromatic N) is 3. The lowest BCUT2D eigenvalue weighted by Gasteiger charge is -2.18. The van der Waals surface area contributed by atoms with Gasteiger partial charge in [0, 0.05) is 19.7 Å². The number of anilines is 1. The molecule has 0 unspecified atom stereocenters. The van der Waals surface area contributed by atoms with Crippen molar-refractivity contribution < 1.29 is 19.0 Å². The van der Waals surface area contributed by atoms with Gasteiger partial charge in [0.15, 0.2) is 5.13 Å². The number of aliphatic hydroxyl groups is 1. The second-order valence-corrected chi connectivity index (χ2v) is 5.99. The molecule has 0 aliphatic rings. The third-order valence-electron chi connectivity index (χ3n) is 2.86. The van der Waals surface area contributed by atoms with Crippen LogP contribution in [0.4, 0.5) is 14.3 Å². The van der Waals surface area contributed by atoms with Crippen LogP contribution in [0.5, 0.6) is 10.8 Å². The Hall–Kier alpha value is -2.70. The van der Waals surface area contributed by atoms with Gasteiger partial charge < -0.3 is 14.7 Å². The third-order valence-corrected chi connectivity index (χ3v) is 3.65. The molecule has 2 N–H and O–H groups in total. The zero-order chi connectivity index (χ0) is 17.7. The average molecular weight is 350 g/mol. The molecule has 126 valence electrons. The minimum Gasteiger partial charge on any atom is -0.443 e. The van der Waals surface area contributed by atoms with Crippen LogP contribution in [-0.2, 0) is 0 Å². The molecule has 9 heteroatoms. The van der Waals surface area contributed by atoms with Gasteiger partial charge in [-0.2, -0.15) is 5.26 Å². The Labute approximate surface area is 141 Å². The van der Waals surface area contributed by atoms with E-state index in [1.54, 1.807) is 14.0 Å². The lowest BCUT2D eigenvalue weighted by atomic mass is 10.2. The number of nitrogens with one attached hydrogen (secondary N) is 1. The number of carbonyl (C=O) groups excluding carboxylic acids is 1. The highest BCUT2D eigenvalue weighted by molar-refractivity contribution is 7.17. The van der Waals surface area contributed by atoms with Crippen LogP contribution in [0.3, 0.4) is 0 Å². The SMILES string of the molecule is C[C@H](O)CN(C)C(=O)Nc1ncc(Oc2cc(F)ccc2C#N)s1. The van der Waals surface area contributed by atoms with Crippen molar-refractivity contribution in [3.05, 3.63) is 35.8 Å². The summed E-state index contributed by atoms with van der Waals surface area (Å²) in [7, 11) is 1.54. The highest BCUT2D eigenvalue weighted by Crippen LogP contribution is 2.32. The van der Waals surface area contributed by atoms with Gasteiger partial charge in [-0.05, 0) is 19.1 Å². The van der Waals surface area contributed by atoms with Crippen LogP contribution in [0.25, 0.3) is 0 Å². The zero-order valence-corrected chi connectivity index (χ0v) is 13.8. The molecule has 0 spiro atoms. The molecule has 2 rings (SSSR count). The first-order chi connectivity index (χ1) is 11.4. The van der Waals surface area contributed by atoms with Crippen molar-refractivity contribution in [3.63, 3.8) is 0 Å². The monoisotopic (exact) mass is 350 g/mol. The lowest BCUT2D eigenvalue weighted by molar-refractivity contribution is 0.149. The molecular weight excluding hydrogens is 335 g/mol. The standard InChI is InChI=1S/C15H15FN4O3S/c1-9(21)8-20(2)15(22)19-14-18-7-13(24-14)23-12-5-11(16)4-3-10(12)6-17/h3-5,7,9,21H,8H2,1-2H3,(H,18,19,22)/t9-/m0/s1. The Morgan fingerprint density at radius 1 is 1.62 bits per heavy atom. The number of rotatable bonds is 5. The Balaban J connectivity index is 2.05. The molecule has 1 heterocycles. The van der Waals surface area contributed by atoms with Crippen molar-refractivity contribution in [3.8, 4) is 16.9 Å². The first-order valence-electron chi connectivity index (χ1n) is 6.92. The average Bonchev–Trinajstić information content (AvgIpc) is 2.94. The second kappa shape index (κ2) is 7.72. The molecule has 0 aliphatic carbocycles. The van der Waals surface area contributed by atoms with Crippen molar-refractivity contribution in [2.24, 2.45) is 0 Å². The van der Waals surface area contributed by atoms with Crippen molar-refractivity contribution in [1.82, 2.24) is 9.88 Å². The first-order valence-corrected chi connectivity index (χ1v) is 7.74. The maximum absolute atomic E-state index is 13.3. The Kier molecular flexibility index (Phi) is 5.68. The number of hydrogen-bond acceptors (Lipinski definition) is 6. The summed E-state index contributed by atoms with van der Waals surface area (Å²) in [4.78, 5) is 17.2. The van der Waals surface area contributed by atoms with Crippen molar-refractivity contribution in [2.75, 3.05) is 18.9 Å². The summed E-state index contributed by atoms with van der Waals surface area (Å²) in [5, 5.41) is 21.4.